The van der Waals surface area contributed by atoms with Crippen LogP contribution < -0.4 is 14.8 Å². The van der Waals surface area contributed by atoms with Crippen LogP contribution >= 0.6 is 0 Å². The molecule has 1 aromatic carbocycles. The van der Waals surface area contributed by atoms with E-state index in [9.17, 15) is 0 Å². The minimum Gasteiger partial charge on any atom is -0.493 e. The Hall–Kier alpha value is -1.26. The van der Waals surface area contributed by atoms with E-state index in [4.69, 9.17) is 14.2 Å². The normalized spacial score (nSPS) is 21.9. The van der Waals surface area contributed by atoms with Gasteiger partial charge in [-0.3, -0.25) is 0 Å². The number of methoxy groups -OCH3 is 3. The van der Waals surface area contributed by atoms with Gasteiger partial charge in [-0.15, -0.1) is 0 Å². The number of rotatable bonds is 5. The number of fused-ring (bicyclic) bond motifs is 1. The smallest absolute Gasteiger partial charge is 0.161 e. The van der Waals surface area contributed by atoms with Crippen molar-refractivity contribution in [1.29, 1.82) is 0 Å². The van der Waals surface area contributed by atoms with E-state index < -0.39 is 0 Å². The second kappa shape index (κ2) is 6.26. The number of nitrogens with one attached hydrogen (secondary N) is 1. The molecular weight excluding hydrogens is 242 g/mol. The first-order valence-corrected chi connectivity index (χ1v) is 6.73. The van der Waals surface area contributed by atoms with Gasteiger partial charge in [-0.1, -0.05) is 6.92 Å². The second-order valence-electron chi connectivity index (χ2n) is 4.89. The van der Waals surface area contributed by atoms with Crippen LogP contribution in [0.5, 0.6) is 11.5 Å². The van der Waals surface area contributed by atoms with E-state index in [-0.39, 0.29) is 6.04 Å². The topological polar surface area (TPSA) is 39.7 Å². The van der Waals surface area contributed by atoms with Gasteiger partial charge < -0.3 is 19.5 Å². The Morgan fingerprint density at radius 1 is 1.16 bits per heavy atom. The highest BCUT2D eigenvalue weighted by molar-refractivity contribution is 5.49. The second-order valence-corrected chi connectivity index (χ2v) is 4.89. The van der Waals surface area contributed by atoms with Gasteiger partial charge in [0.1, 0.15) is 0 Å². The van der Waals surface area contributed by atoms with Gasteiger partial charge in [-0.25, -0.2) is 0 Å². The molecule has 0 radical (unpaired) electrons. The first kappa shape index (κ1) is 14.2. The lowest BCUT2D eigenvalue weighted by Gasteiger charge is -2.33. The minimum absolute atomic E-state index is 0.221. The molecule has 2 atom stereocenters. The molecule has 2 rings (SSSR count). The van der Waals surface area contributed by atoms with E-state index in [1.165, 1.54) is 11.1 Å². The molecule has 19 heavy (non-hydrogen) atoms. The van der Waals surface area contributed by atoms with Gasteiger partial charge in [-0.2, -0.15) is 0 Å². The molecule has 0 aliphatic carbocycles. The summed E-state index contributed by atoms with van der Waals surface area (Å²) in [6, 6.07) is 4.88. The van der Waals surface area contributed by atoms with Gasteiger partial charge >= 0.3 is 0 Å². The van der Waals surface area contributed by atoms with Crippen molar-refractivity contribution in [1.82, 2.24) is 5.32 Å². The summed E-state index contributed by atoms with van der Waals surface area (Å²) < 4.78 is 16.1. The van der Waals surface area contributed by atoms with Crippen molar-refractivity contribution in [3.8, 4) is 11.5 Å². The maximum atomic E-state index is 5.39. The molecule has 1 aliphatic rings. The molecule has 1 aliphatic heterocycles. The summed E-state index contributed by atoms with van der Waals surface area (Å²) in [5.41, 5.74) is 2.58. The summed E-state index contributed by atoms with van der Waals surface area (Å²) in [7, 11) is 5.08. The summed E-state index contributed by atoms with van der Waals surface area (Å²) in [5.74, 6) is 1.58. The Bertz CT molecular complexity index is 434. The highest BCUT2D eigenvalue weighted by Crippen LogP contribution is 2.36. The maximum Gasteiger partial charge on any atom is 0.161 e. The molecule has 1 N–H and O–H groups in total. The minimum atomic E-state index is 0.221. The molecule has 106 valence electrons. The fourth-order valence-electron chi connectivity index (χ4n) is 2.70. The van der Waals surface area contributed by atoms with Crippen LogP contribution in [0, 0.1) is 0 Å². The fourth-order valence-corrected chi connectivity index (χ4v) is 2.70. The van der Waals surface area contributed by atoms with Crippen LogP contribution in [-0.4, -0.2) is 34.0 Å². The molecule has 0 saturated carbocycles. The monoisotopic (exact) mass is 265 g/mol. The van der Waals surface area contributed by atoms with Crippen LogP contribution in [-0.2, 0) is 11.2 Å². The molecule has 1 aromatic rings. The third-order valence-corrected chi connectivity index (χ3v) is 3.75. The molecule has 2 unspecified atom stereocenters. The van der Waals surface area contributed by atoms with Crippen molar-refractivity contribution in [3.05, 3.63) is 23.3 Å². The Morgan fingerprint density at radius 2 is 1.84 bits per heavy atom. The SMILES string of the molecule is CCC1Cc2cc(OC)c(OC)cc2C(COC)N1. The van der Waals surface area contributed by atoms with Crippen LogP contribution in [0.3, 0.4) is 0 Å². The third kappa shape index (κ3) is 2.85. The van der Waals surface area contributed by atoms with Crippen molar-refractivity contribution >= 4 is 0 Å². The van der Waals surface area contributed by atoms with Gasteiger partial charge in [-0.05, 0) is 36.1 Å². The van der Waals surface area contributed by atoms with Gasteiger partial charge in [0.25, 0.3) is 0 Å². The van der Waals surface area contributed by atoms with Gasteiger partial charge in [0.2, 0.25) is 0 Å². The molecule has 0 aromatic heterocycles. The number of hydrogen-bond donors (Lipinski definition) is 1. The average Bonchev–Trinajstić information content (AvgIpc) is 2.45. The molecule has 1 heterocycles. The van der Waals surface area contributed by atoms with Crippen molar-refractivity contribution in [2.45, 2.75) is 31.8 Å². The van der Waals surface area contributed by atoms with Gasteiger partial charge in [0, 0.05) is 13.2 Å². The van der Waals surface area contributed by atoms with E-state index >= 15 is 0 Å². The van der Waals surface area contributed by atoms with Gasteiger partial charge in [0.05, 0.1) is 26.9 Å². The van der Waals surface area contributed by atoms with Crippen LogP contribution in [0.15, 0.2) is 12.1 Å². The predicted octanol–water partition coefficient (Wildman–Crippen LogP) is 2.32. The van der Waals surface area contributed by atoms with E-state index in [2.05, 4.69) is 24.4 Å². The fraction of sp³-hybridized carbons (Fsp3) is 0.600. The van der Waals surface area contributed by atoms with Crippen molar-refractivity contribution in [3.63, 3.8) is 0 Å². The standard InChI is InChI=1S/C15H23NO3/c1-5-11-6-10-7-14(18-3)15(19-4)8-12(10)13(16-11)9-17-2/h7-8,11,13,16H,5-6,9H2,1-4H3. The highest BCUT2D eigenvalue weighted by Gasteiger charge is 2.27. The highest BCUT2D eigenvalue weighted by atomic mass is 16.5. The molecule has 0 fully saturated rings. The Kier molecular flexibility index (Phi) is 4.66. The van der Waals surface area contributed by atoms with Crippen LogP contribution in [0.4, 0.5) is 0 Å². The van der Waals surface area contributed by atoms with E-state index in [0.717, 1.165) is 24.3 Å². The summed E-state index contributed by atoms with van der Waals surface area (Å²) >= 11 is 0. The van der Waals surface area contributed by atoms with Crippen LogP contribution in [0.1, 0.15) is 30.5 Å². The lowest BCUT2D eigenvalue weighted by molar-refractivity contribution is 0.155. The molecular formula is C15H23NO3. The molecule has 0 amide bonds. The third-order valence-electron chi connectivity index (χ3n) is 3.75. The van der Waals surface area contributed by atoms with Crippen LogP contribution in [0.25, 0.3) is 0 Å². The molecule has 0 spiro atoms. The quantitative estimate of drug-likeness (QED) is 0.887. The van der Waals surface area contributed by atoms with Gasteiger partial charge in [0.15, 0.2) is 11.5 Å². The van der Waals surface area contributed by atoms with E-state index in [1.807, 2.05) is 0 Å². The van der Waals surface area contributed by atoms with Crippen molar-refractivity contribution in [2.24, 2.45) is 0 Å². The summed E-state index contributed by atoms with van der Waals surface area (Å²) in [5, 5.41) is 3.63. The zero-order chi connectivity index (χ0) is 13.8. The zero-order valence-corrected chi connectivity index (χ0v) is 12.2. The number of benzene rings is 1. The maximum absolute atomic E-state index is 5.39. The molecule has 4 nitrogen and oxygen atoms in total. The summed E-state index contributed by atoms with van der Waals surface area (Å²) in [6.07, 6.45) is 2.13. The lowest BCUT2D eigenvalue weighted by atomic mass is 9.89. The van der Waals surface area contributed by atoms with E-state index in [1.54, 1.807) is 21.3 Å². The first-order valence-electron chi connectivity index (χ1n) is 6.73. The van der Waals surface area contributed by atoms with Crippen molar-refractivity contribution in [2.75, 3.05) is 27.9 Å². The summed E-state index contributed by atoms with van der Waals surface area (Å²) in [4.78, 5) is 0. The average molecular weight is 265 g/mol. The lowest BCUT2D eigenvalue weighted by Crippen LogP contribution is -2.40. The molecule has 0 bridgehead atoms. The van der Waals surface area contributed by atoms with E-state index in [0.29, 0.717) is 12.6 Å². The Balaban J connectivity index is 2.41. The molecule has 0 saturated heterocycles. The Labute approximate surface area is 115 Å². The largest absolute Gasteiger partial charge is 0.493 e. The molecule has 4 heteroatoms. The zero-order valence-electron chi connectivity index (χ0n) is 12.2. The predicted molar refractivity (Wildman–Crippen MR) is 75.1 cm³/mol. The number of ether oxygens (including phenoxy) is 3. The number of hydrogen-bond acceptors (Lipinski definition) is 4. The van der Waals surface area contributed by atoms with Crippen LogP contribution in [0.2, 0.25) is 0 Å². The Morgan fingerprint density at radius 3 is 2.42 bits per heavy atom. The summed E-state index contributed by atoms with van der Waals surface area (Å²) in [6.45, 7) is 2.87. The van der Waals surface area contributed by atoms with Crippen molar-refractivity contribution < 1.29 is 14.2 Å². The first-order chi connectivity index (χ1) is 9.23.